The van der Waals surface area contributed by atoms with Crippen LogP contribution in [0.25, 0.3) is 11.0 Å². The summed E-state index contributed by atoms with van der Waals surface area (Å²) in [6, 6.07) is 24.3. The summed E-state index contributed by atoms with van der Waals surface area (Å²) in [5, 5.41) is 1.09. The van der Waals surface area contributed by atoms with Gasteiger partial charge in [0.1, 0.15) is 5.58 Å². The molecule has 51 heavy (non-hydrogen) atoms. The van der Waals surface area contributed by atoms with Gasteiger partial charge in [0.05, 0.1) is 11.4 Å². The van der Waals surface area contributed by atoms with E-state index in [0.717, 1.165) is 90.2 Å². The van der Waals surface area contributed by atoms with Crippen molar-refractivity contribution in [1.29, 1.82) is 0 Å². The summed E-state index contributed by atoms with van der Waals surface area (Å²) in [5.41, 5.74) is 16.9. The number of fused-ring (bicyclic) bond motifs is 8. The first-order chi connectivity index (χ1) is 24.5. The second kappa shape index (κ2) is 10.3. The number of benzene rings is 5. The van der Waals surface area contributed by atoms with Crippen molar-refractivity contribution in [3.63, 3.8) is 0 Å². The average Bonchev–Trinajstić information content (AvgIpc) is 3.83. The number of rotatable bonds is 2. The molecule has 254 valence electrons. The Bertz CT molecular complexity index is 2490. The molecule has 0 saturated heterocycles. The Labute approximate surface area is 298 Å². The van der Waals surface area contributed by atoms with Crippen LogP contribution >= 0.6 is 0 Å². The number of furan rings is 1. The summed E-state index contributed by atoms with van der Waals surface area (Å²) in [6.07, 6.45) is 0. The number of hydrogen-bond donors (Lipinski definition) is 0. The van der Waals surface area contributed by atoms with E-state index < -0.39 is 0 Å². The largest absolute Gasteiger partial charge is 0.454 e. The van der Waals surface area contributed by atoms with Crippen LogP contribution in [0.3, 0.4) is 0 Å². The first kappa shape index (κ1) is 30.3. The Morgan fingerprint density at radius 3 is 2.02 bits per heavy atom. The number of aryl methyl sites for hydroxylation is 4. The van der Waals surface area contributed by atoms with Gasteiger partial charge in [-0.05, 0) is 109 Å². The maximum absolute atomic E-state index is 6.97. The second-order valence-electron chi connectivity index (χ2n) is 15.5. The number of hydrogen-bond acceptors (Lipinski definition) is 7. The standard InChI is InChI=1S/C43H39BN2O5/c1-22-13-31-38-32(14-22)46(40-25(4)17-36-41(26(40)5)50-21-49-36)42-37(28-11-9-10-12-33(28)51-42)44(38)29-18-34-35(48-20-47-34)19-30(29)45(31)39-23(2)15-27(16-24(39)3)43(6,7)8/h9-19H,20-21H2,1-8H3. The zero-order valence-electron chi connectivity index (χ0n) is 30.3. The Kier molecular flexibility index (Phi) is 6.12. The minimum Gasteiger partial charge on any atom is -0.454 e. The lowest BCUT2D eigenvalue weighted by atomic mass is 9.33. The van der Waals surface area contributed by atoms with Crippen LogP contribution in [0.2, 0.25) is 0 Å². The lowest BCUT2D eigenvalue weighted by Crippen LogP contribution is -2.61. The van der Waals surface area contributed by atoms with Crippen molar-refractivity contribution in [3.05, 3.63) is 100 Å². The number of nitrogens with zero attached hydrogens (tertiary/aromatic N) is 2. The molecule has 10 rings (SSSR count). The van der Waals surface area contributed by atoms with Crippen molar-refractivity contribution < 1.29 is 23.4 Å². The van der Waals surface area contributed by atoms with Gasteiger partial charge in [-0.15, -0.1) is 0 Å². The van der Waals surface area contributed by atoms with Gasteiger partial charge in [0, 0.05) is 39.5 Å². The summed E-state index contributed by atoms with van der Waals surface area (Å²) < 4.78 is 31.0. The molecule has 0 radical (unpaired) electrons. The zero-order valence-corrected chi connectivity index (χ0v) is 30.3. The lowest BCUT2D eigenvalue weighted by Gasteiger charge is -2.44. The minimum atomic E-state index is -0.129. The molecule has 0 N–H and O–H groups in total. The lowest BCUT2D eigenvalue weighted by molar-refractivity contribution is 0.173. The van der Waals surface area contributed by atoms with Crippen LogP contribution in [0.5, 0.6) is 23.0 Å². The predicted octanol–water partition coefficient (Wildman–Crippen LogP) is 8.81. The molecule has 0 amide bonds. The van der Waals surface area contributed by atoms with Crippen LogP contribution < -0.4 is 45.1 Å². The highest BCUT2D eigenvalue weighted by atomic mass is 16.7. The molecule has 5 aromatic carbocycles. The van der Waals surface area contributed by atoms with E-state index in [-0.39, 0.29) is 25.7 Å². The van der Waals surface area contributed by atoms with Gasteiger partial charge in [0.2, 0.25) is 19.5 Å². The third-order valence-electron chi connectivity index (χ3n) is 11.1. The average molecular weight is 675 g/mol. The van der Waals surface area contributed by atoms with Gasteiger partial charge in [-0.25, -0.2) is 0 Å². The molecule has 0 spiro atoms. The van der Waals surface area contributed by atoms with Crippen molar-refractivity contribution >= 4 is 68.4 Å². The summed E-state index contributed by atoms with van der Waals surface area (Å²) in [4.78, 5) is 4.81. The van der Waals surface area contributed by atoms with Crippen molar-refractivity contribution in [2.75, 3.05) is 23.4 Å². The smallest absolute Gasteiger partial charge is 0.257 e. The molecule has 1 aromatic heterocycles. The van der Waals surface area contributed by atoms with Gasteiger partial charge in [0.15, 0.2) is 23.0 Å². The van der Waals surface area contributed by atoms with Crippen LogP contribution in [0.15, 0.2) is 71.1 Å². The summed E-state index contributed by atoms with van der Waals surface area (Å²) in [7, 11) is 0. The molecule has 0 fully saturated rings. The monoisotopic (exact) mass is 674 g/mol. The van der Waals surface area contributed by atoms with Crippen LogP contribution in [0, 0.1) is 34.6 Å². The van der Waals surface area contributed by atoms with Crippen molar-refractivity contribution in [2.24, 2.45) is 0 Å². The molecular formula is C43H39BN2O5. The SMILES string of the molecule is Cc1cc2c3c(c1)N(c1c(C)cc4c(c1C)OCO4)c1oc4ccccc4c1B3c1cc3c(cc1N2c1c(C)cc(C(C)(C)C)cc1C)OCO3. The molecule has 6 aromatic rings. The van der Waals surface area contributed by atoms with Gasteiger partial charge in [-0.1, -0.05) is 51.1 Å². The quantitative estimate of drug-likeness (QED) is 0.170. The molecule has 0 saturated carbocycles. The number of anilines is 6. The van der Waals surface area contributed by atoms with Gasteiger partial charge >= 0.3 is 0 Å². The second-order valence-corrected chi connectivity index (χ2v) is 15.5. The fraction of sp³-hybridized carbons (Fsp3) is 0.256. The van der Waals surface area contributed by atoms with E-state index in [1.807, 2.05) is 6.07 Å². The summed E-state index contributed by atoms with van der Waals surface area (Å²) in [5.74, 6) is 3.90. The zero-order chi connectivity index (χ0) is 35.1. The van der Waals surface area contributed by atoms with Crippen LogP contribution in [-0.4, -0.2) is 20.3 Å². The van der Waals surface area contributed by atoms with Gasteiger partial charge in [-0.3, -0.25) is 4.90 Å². The van der Waals surface area contributed by atoms with E-state index in [9.17, 15) is 0 Å². The Morgan fingerprint density at radius 1 is 0.627 bits per heavy atom. The fourth-order valence-corrected chi connectivity index (χ4v) is 8.90. The highest BCUT2D eigenvalue weighted by Crippen LogP contribution is 2.52. The Balaban J connectivity index is 1.34. The summed E-state index contributed by atoms with van der Waals surface area (Å²) >= 11 is 0. The van der Waals surface area contributed by atoms with E-state index in [0.29, 0.717) is 0 Å². The van der Waals surface area contributed by atoms with E-state index in [4.69, 9.17) is 23.4 Å². The Morgan fingerprint density at radius 2 is 1.27 bits per heavy atom. The van der Waals surface area contributed by atoms with Crippen molar-refractivity contribution in [2.45, 2.75) is 60.8 Å². The molecule has 8 heteroatoms. The highest BCUT2D eigenvalue weighted by Gasteiger charge is 2.48. The maximum Gasteiger partial charge on any atom is 0.257 e. The summed E-state index contributed by atoms with van der Waals surface area (Å²) in [6.45, 7) is 18.1. The molecule has 0 unspecified atom stereocenters. The minimum absolute atomic E-state index is 0.0209. The van der Waals surface area contributed by atoms with E-state index in [1.54, 1.807) is 0 Å². The van der Waals surface area contributed by atoms with Gasteiger partial charge in [0.25, 0.3) is 6.71 Å². The third kappa shape index (κ3) is 4.13. The van der Waals surface area contributed by atoms with Gasteiger partial charge in [-0.2, -0.15) is 0 Å². The molecule has 0 bridgehead atoms. The fourth-order valence-electron chi connectivity index (χ4n) is 8.90. The molecule has 0 aliphatic carbocycles. The third-order valence-corrected chi connectivity index (χ3v) is 11.1. The molecule has 4 aliphatic heterocycles. The van der Waals surface area contributed by atoms with Crippen molar-refractivity contribution in [3.8, 4) is 23.0 Å². The predicted molar refractivity (Wildman–Crippen MR) is 205 cm³/mol. The number of ether oxygens (including phenoxy) is 4. The first-order valence-corrected chi connectivity index (χ1v) is 17.7. The van der Waals surface area contributed by atoms with E-state index in [1.165, 1.54) is 27.8 Å². The van der Waals surface area contributed by atoms with Gasteiger partial charge < -0.3 is 28.3 Å². The molecule has 5 heterocycles. The highest BCUT2D eigenvalue weighted by molar-refractivity contribution is 7.01. The first-order valence-electron chi connectivity index (χ1n) is 17.7. The maximum atomic E-state index is 6.97. The normalized spacial score (nSPS) is 15.0. The van der Waals surface area contributed by atoms with E-state index in [2.05, 4.69) is 126 Å². The molecular weight excluding hydrogens is 635 g/mol. The van der Waals surface area contributed by atoms with Crippen molar-refractivity contribution in [1.82, 2.24) is 0 Å². The molecule has 7 nitrogen and oxygen atoms in total. The van der Waals surface area contributed by atoms with Crippen LogP contribution in [0.1, 0.15) is 54.2 Å². The van der Waals surface area contributed by atoms with Crippen LogP contribution in [0.4, 0.5) is 34.3 Å². The number of para-hydroxylation sites is 1. The van der Waals surface area contributed by atoms with E-state index >= 15 is 0 Å². The Hall–Kier alpha value is -5.50. The topological polar surface area (TPSA) is 56.5 Å². The van der Waals surface area contributed by atoms with Crippen LogP contribution in [-0.2, 0) is 5.41 Å². The molecule has 4 aliphatic rings. The molecule has 0 atom stereocenters.